The van der Waals surface area contributed by atoms with E-state index in [0.717, 1.165) is 28.3 Å². The molecule has 0 spiro atoms. The Morgan fingerprint density at radius 3 is 2.29 bits per heavy atom. The van der Waals surface area contributed by atoms with E-state index >= 15 is 0 Å². The van der Waals surface area contributed by atoms with Gasteiger partial charge in [0.05, 0.1) is 0 Å². The molecule has 1 fully saturated rings. The summed E-state index contributed by atoms with van der Waals surface area (Å²) in [7, 11) is 0. The van der Waals surface area contributed by atoms with Gasteiger partial charge in [0.2, 0.25) is 5.91 Å². The van der Waals surface area contributed by atoms with E-state index in [1.807, 2.05) is 87.5 Å². The molecule has 1 aliphatic rings. The minimum Gasteiger partial charge on any atom is -0.444 e. The molecular formula is C34H43N3O4. The average molecular weight is 558 g/mol. The minimum absolute atomic E-state index is 0.123. The Labute approximate surface area is 243 Å². The molecule has 218 valence electrons. The summed E-state index contributed by atoms with van der Waals surface area (Å²) in [5.41, 5.74) is 1.68. The molecule has 0 radical (unpaired) electrons. The summed E-state index contributed by atoms with van der Waals surface area (Å²) in [5, 5.41) is 8.03. The fraction of sp³-hybridized carbons (Fsp3) is 0.441. The summed E-state index contributed by atoms with van der Waals surface area (Å²) in [5.74, 6) is -0.509. The van der Waals surface area contributed by atoms with E-state index in [9.17, 15) is 14.4 Å². The van der Waals surface area contributed by atoms with Gasteiger partial charge in [-0.1, -0.05) is 87.4 Å². The molecule has 3 aromatic rings. The molecule has 3 aromatic carbocycles. The van der Waals surface area contributed by atoms with Crippen molar-refractivity contribution < 1.29 is 19.1 Å². The zero-order valence-electron chi connectivity index (χ0n) is 25.2. The predicted molar refractivity (Wildman–Crippen MR) is 164 cm³/mol. The summed E-state index contributed by atoms with van der Waals surface area (Å²) in [6.45, 7) is 13.3. The van der Waals surface area contributed by atoms with Crippen molar-refractivity contribution in [1.82, 2.24) is 10.2 Å². The lowest BCUT2D eigenvalue weighted by molar-refractivity contribution is -0.142. The van der Waals surface area contributed by atoms with Gasteiger partial charge >= 0.3 is 6.09 Å². The van der Waals surface area contributed by atoms with Gasteiger partial charge in [-0.05, 0) is 74.4 Å². The van der Waals surface area contributed by atoms with E-state index in [1.54, 1.807) is 25.7 Å². The van der Waals surface area contributed by atoms with Crippen LogP contribution in [0, 0.1) is 18.8 Å². The van der Waals surface area contributed by atoms with Crippen molar-refractivity contribution in [3.8, 4) is 0 Å². The number of carbonyl (C=O) groups excluding carboxylic acids is 3. The van der Waals surface area contributed by atoms with E-state index in [4.69, 9.17) is 4.74 Å². The predicted octanol–water partition coefficient (Wildman–Crippen LogP) is 7.00. The molecule has 5 atom stereocenters. The van der Waals surface area contributed by atoms with Crippen LogP contribution in [0.25, 0.3) is 10.8 Å². The Kier molecular flexibility index (Phi) is 9.05. The number of ether oxygens (including phenoxy) is 1. The van der Waals surface area contributed by atoms with Gasteiger partial charge in [-0.15, -0.1) is 0 Å². The zero-order chi connectivity index (χ0) is 29.9. The van der Waals surface area contributed by atoms with Gasteiger partial charge in [0.25, 0.3) is 5.91 Å². The number of amides is 3. The van der Waals surface area contributed by atoms with Crippen molar-refractivity contribution in [3.63, 3.8) is 0 Å². The molecule has 1 saturated carbocycles. The van der Waals surface area contributed by atoms with Gasteiger partial charge in [-0.25, -0.2) is 4.79 Å². The summed E-state index contributed by atoms with van der Waals surface area (Å²) in [4.78, 5) is 43.2. The maximum absolute atomic E-state index is 14.5. The third kappa shape index (κ3) is 7.46. The highest BCUT2D eigenvalue weighted by Crippen LogP contribution is 2.41. The SMILES string of the molecule is CCC(C)C(NC(=O)OC(C)(C)C)C(=O)N(C(C(=O)Nc1ccc2ccccc2c1)c1cccc(C)c1)C1CC1C. The van der Waals surface area contributed by atoms with Crippen LogP contribution in [0.15, 0.2) is 66.7 Å². The van der Waals surface area contributed by atoms with E-state index in [1.165, 1.54) is 0 Å². The molecule has 0 saturated heterocycles. The second-order valence-electron chi connectivity index (χ2n) is 12.4. The second kappa shape index (κ2) is 12.3. The van der Waals surface area contributed by atoms with Crippen molar-refractivity contribution in [1.29, 1.82) is 0 Å². The fourth-order valence-electron chi connectivity index (χ4n) is 5.21. The third-order valence-electron chi connectivity index (χ3n) is 7.73. The molecule has 4 rings (SSSR count). The Balaban J connectivity index is 1.73. The van der Waals surface area contributed by atoms with Crippen LogP contribution in [0.5, 0.6) is 0 Å². The molecule has 1 aliphatic carbocycles. The van der Waals surface area contributed by atoms with Gasteiger partial charge < -0.3 is 20.3 Å². The van der Waals surface area contributed by atoms with Gasteiger partial charge in [-0.3, -0.25) is 9.59 Å². The standard InChI is InChI=1S/C34H43N3O4/c1-8-22(3)29(36-33(40)41-34(5,6)7)32(39)37(28-19-23(28)4)30(26-15-11-12-21(2)18-26)31(38)35-27-17-16-24-13-9-10-14-25(24)20-27/h9-18,20,22-23,28-30H,8,19H2,1-7H3,(H,35,38)(H,36,40). The summed E-state index contributed by atoms with van der Waals surface area (Å²) in [6, 6.07) is 19.7. The zero-order valence-corrected chi connectivity index (χ0v) is 25.2. The van der Waals surface area contributed by atoms with Crippen molar-refractivity contribution >= 4 is 34.4 Å². The van der Waals surface area contributed by atoms with E-state index in [2.05, 4.69) is 17.6 Å². The van der Waals surface area contributed by atoms with Crippen LogP contribution in [-0.4, -0.2) is 40.5 Å². The Bertz CT molecular complexity index is 1410. The maximum atomic E-state index is 14.5. The first-order valence-electron chi connectivity index (χ1n) is 14.6. The van der Waals surface area contributed by atoms with Crippen LogP contribution in [-0.2, 0) is 14.3 Å². The van der Waals surface area contributed by atoms with E-state index < -0.39 is 23.8 Å². The van der Waals surface area contributed by atoms with Crippen LogP contribution in [0.1, 0.15) is 71.6 Å². The Morgan fingerprint density at radius 1 is 1.00 bits per heavy atom. The lowest BCUT2D eigenvalue weighted by atomic mass is 9.95. The quantitative estimate of drug-likeness (QED) is 0.296. The highest BCUT2D eigenvalue weighted by molar-refractivity contribution is 6.00. The number of alkyl carbamates (subject to hydrolysis) is 1. The molecule has 0 bridgehead atoms. The van der Waals surface area contributed by atoms with E-state index in [-0.39, 0.29) is 29.7 Å². The second-order valence-corrected chi connectivity index (χ2v) is 12.4. The molecular weight excluding hydrogens is 514 g/mol. The topological polar surface area (TPSA) is 87.7 Å². The molecule has 0 aliphatic heterocycles. The van der Waals surface area contributed by atoms with Gasteiger partial charge in [0.1, 0.15) is 17.7 Å². The first-order chi connectivity index (χ1) is 19.4. The molecule has 0 heterocycles. The molecule has 7 heteroatoms. The Morgan fingerprint density at radius 2 is 1.68 bits per heavy atom. The number of nitrogens with one attached hydrogen (secondary N) is 2. The number of aryl methyl sites for hydroxylation is 1. The van der Waals surface area contributed by atoms with Gasteiger partial charge in [-0.2, -0.15) is 0 Å². The fourth-order valence-corrected chi connectivity index (χ4v) is 5.21. The highest BCUT2D eigenvalue weighted by atomic mass is 16.6. The largest absolute Gasteiger partial charge is 0.444 e. The number of rotatable bonds is 9. The van der Waals surface area contributed by atoms with Gasteiger partial charge in [0, 0.05) is 11.7 Å². The number of hydrogen-bond donors (Lipinski definition) is 2. The number of fused-ring (bicyclic) bond motifs is 1. The smallest absolute Gasteiger partial charge is 0.408 e. The van der Waals surface area contributed by atoms with Crippen LogP contribution in [0.2, 0.25) is 0 Å². The van der Waals surface area contributed by atoms with Crippen LogP contribution >= 0.6 is 0 Å². The molecule has 5 unspecified atom stereocenters. The van der Waals surface area contributed by atoms with Crippen LogP contribution in [0.4, 0.5) is 10.5 Å². The average Bonchev–Trinajstić information content (AvgIpc) is 3.63. The van der Waals surface area contributed by atoms with Crippen LogP contribution < -0.4 is 10.6 Å². The first-order valence-corrected chi connectivity index (χ1v) is 14.6. The lowest BCUT2D eigenvalue weighted by Crippen LogP contribution is -2.55. The number of benzene rings is 3. The number of anilines is 1. The van der Waals surface area contributed by atoms with E-state index in [0.29, 0.717) is 12.1 Å². The lowest BCUT2D eigenvalue weighted by Gasteiger charge is -2.36. The highest BCUT2D eigenvalue weighted by Gasteiger charge is 2.49. The monoisotopic (exact) mass is 557 g/mol. The summed E-state index contributed by atoms with van der Waals surface area (Å²) < 4.78 is 5.51. The normalized spacial score (nSPS) is 18.6. The molecule has 2 N–H and O–H groups in total. The number of carbonyl (C=O) groups is 3. The van der Waals surface area contributed by atoms with Crippen molar-refractivity contribution in [2.75, 3.05) is 5.32 Å². The van der Waals surface area contributed by atoms with Crippen LogP contribution in [0.3, 0.4) is 0 Å². The first kappa shape index (κ1) is 30.1. The maximum Gasteiger partial charge on any atom is 0.408 e. The number of nitrogens with zero attached hydrogens (tertiary/aromatic N) is 1. The van der Waals surface area contributed by atoms with Crippen molar-refractivity contribution in [3.05, 3.63) is 77.9 Å². The molecule has 7 nitrogen and oxygen atoms in total. The molecule has 0 aromatic heterocycles. The number of hydrogen-bond acceptors (Lipinski definition) is 4. The Hall–Kier alpha value is -3.87. The summed E-state index contributed by atoms with van der Waals surface area (Å²) in [6.07, 6.45) is 0.808. The molecule has 3 amide bonds. The molecule has 41 heavy (non-hydrogen) atoms. The third-order valence-corrected chi connectivity index (χ3v) is 7.73. The van der Waals surface area contributed by atoms with Gasteiger partial charge in [0.15, 0.2) is 0 Å². The van der Waals surface area contributed by atoms with Crippen molar-refractivity contribution in [2.24, 2.45) is 11.8 Å². The summed E-state index contributed by atoms with van der Waals surface area (Å²) >= 11 is 0. The van der Waals surface area contributed by atoms with Crippen molar-refractivity contribution in [2.45, 2.75) is 85.0 Å². The minimum atomic E-state index is -0.879.